The molecular weight excluding hydrogens is 204 g/mol. The minimum Gasteiger partial charge on any atom is -0.508 e. The van der Waals surface area contributed by atoms with Crippen LogP contribution in [-0.4, -0.2) is 23.4 Å². The van der Waals surface area contributed by atoms with Crippen molar-refractivity contribution in [2.45, 2.75) is 25.4 Å². The Balaban J connectivity index is 2.22. The standard InChI is InChI=1S/C13H18O3/c1-13(15,11-5-3-7-16-9-11)10-4-2-6-12(14)8-10/h2,4,6,8,11,14-15H,3,5,7,9H2,1H3. The van der Waals surface area contributed by atoms with Crippen molar-refractivity contribution in [1.82, 2.24) is 0 Å². The van der Waals surface area contributed by atoms with Crippen molar-refractivity contribution in [1.29, 1.82) is 0 Å². The predicted molar refractivity (Wildman–Crippen MR) is 61.2 cm³/mol. The molecule has 0 aliphatic carbocycles. The van der Waals surface area contributed by atoms with Crippen molar-refractivity contribution in [2.75, 3.05) is 13.2 Å². The van der Waals surface area contributed by atoms with E-state index in [1.54, 1.807) is 25.1 Å². The molecule has 16 heavy (non-hydrogen) atoms. The molecule has 2 N–H and O–H groups in total. The Morgan fingerprint density at radius 3 is 2.88 bits per heavy atom. The Bertz CT molecular complexity index is 354. The van der Waals surface area contributed by atoms with Crippen LogP contribution in [0.4, 0.5) is 0 Å². The molecule has 0 saturated carbocycles. The summed E-state index contributed by atoms with van der Waals surface area (Å²) in [5.74, 6) is 0.289. The van der Waals surface area contributed by atoms with Crippen LogP contribution in [0.5, 0.6) is 5.75 Å². The quantitative estimate of drug-likeness (QED) is 0.805. The molecular formula is C13H18O3. The molecule has 88 valence electrons. The van der Waals surface area contributed by atoms with Gasteiger partial charge in [0.05, 0.1) is 12.2 Å². The summed E-state index contributed by atoms with van der Waals surface area (Å²) in [7, 11) is 0. The number of phenols is 1. The molecule has 2 atom stereocenters. The number of aliphatic hydroxyl groups is 1. The fraction of sp³-hybridized carbons (Fsp3) is 0.538. The topological polar surface area (TPSA) is 49.7 Å². The van der Waals surface area contributed by atoms with Crippen LogP contribution in [0.25, 0.3) is 0 Å². The molecule has 1 aliphatic rings. The van der Waals surface area contributed by atoms with Crippen molar-refractivity contribution in [3.05, 3.63) is 29.8 Å². The van der Waals surface area contributed by atoms with E-state index in [4.69, 9.17) is 4.74 Å². The summed E-state index contributed by atoms with van der Waals surface area (Å²) in [6.07, 6.45) is 1.95. The average Bonchev–Trinajstić information content (AvgIpc) is 2.30. The number of rotatable bonds is 2. The zero-order chi connectivity index (χ0) is 11.6. The first-order chi connectivity index (χ1) is 7.60. The van der Waals surface area contributed by atoms with Gasteiger partial charge < -0.3 is 14.9 Å². The van der Waals surface area contributed by atoms with E-state index in [9.17, 15) is 10.2 Å². The van der Waals surface area contributed by atoms with Gasteiger partial charge in [0.2, 0.25) is 0 Å². The molecule has 1 aliphatic heterocycles. The number of phenolic OH excluding ortho intramolecular Hbond substituents is 1. The van der Waals surface area contributed by atoms with Crippen molar-refractivity contribution < 1.29 is 14.9 Å². The van der Waals surface area contributed by atoms with Gasteiger partial charge in [-0.05, 0) is 37.5 Å². The molecule has 1 aromatic carbocycles. The van der Waals surface area contributed by atoms with Gasteiger partial charge in [0.15, 0.2) is 0 Å². The second-order valence-corrected chi connectivity index (χ2v) is 4.61. The highest BCUT2D eigenvalue weighted by Crippen LogP contribution is 2.35. The molecule has 0 spiro atoms. The first-order valence-electron chi connectivity index (χ1n) is 5.70. The van der Waals surface area contributed by atoms with Gasteiger partial charge in [-0.2, -0.15) is 0 Å². The van der Waals surface area contributed by atoms with E-state index in [1.807, 2.05) is 6.07 Å². The van der Waals surface area contributed by atoms with E-state index in [2.05, 4.69) is 0 Å². The zero-order valence-corrected chi connectivity index (χ0v) is 9.52. The van der Waals surface area contributed by atoms with Gasteiger partial charge in [-0.3, -0.25) is 0 Å². The lowest BCUT2D eigenvalue weighted by molar-refractivity contribution is -0.0724. The SMILES string of the molecule is CC(O)(c1cccc(O)c1)C1CCCOC1. The summed E-state index contributed by atoms with van der Waals surface area (Å²) < 4.78 is 5.40. The number of hydrogen-bond acceptors (Lipinski definition) is 3. The van der Waals surface area contributed by atoms with Gasteiger partial charge in [-0.25, -0.2) is 0 Å². The molecule has 0 bridgehead atoms. The minimum absolute atomic E-state index is 0.100. The highest BCUT2D eigenvalue weighted by Gasteiger charge is 2.35. The second kappa shape index (κ2) is 4.44. The third kappa shape index (κ3) is 2.20. The number of hydrogen-bond donors (Lipinski definition) is 2. The van der Waals surface area contributed by atoms with Crippen LogP contribution in [0.15, 0.2) is 24.3 Å². The molecule has 2 rings (SSSR count). The van der Waals surface area contributed by atoms with Crippen molar-refractivity contribution in [3.63, 3.8) is 0 Å². The van der Waals surface area contributed by atoms with Crippen molar-refractivity contribution in [3.8, 4) is 5.75 Å². The number of ether oxygens (including phenoxy) is 1. The van der Waals surface area contributed by atoms with Crippen LogP contribution in [0.1, 0.15) is 25.3 Å². The summed E-state index contributed by atoms with van der Waals surface area (Å²) in [6, 6.07) is 6.82. The lowest BCUT2D eigenvalue weighted by atomic mass is 9.80. The lowest BCUT2D eigenvalue weighted by Gasteiger charge is -2.35. The van der Waals surface area contributed by atoms with Gasteiger partial charge in [0, 0.05) is 12.5 Å². The van der Waals surface area contributed by atoms with Crippen LogP contribution in [0.2, 0.25) is 0 Å². The maximum atomic E-state index is 10.5. The van der Waals surface area contributed by atoms with E-state index < -0.39 is 5.60 Å². The second-order valence-electron chi connectivity index (χ2n) is 4.61. The van der Waals surface area contributed by atoms with E-state index in [0.717, 1.165) is 25.0 Å². The van der Waals surface area contributed by atoms with E-state index in [0.29, 0.717) is 6.61 Å². The Morgan fingerprint density at radius 1 is 1.44 bits per heavy atom. The van der Waals surface area contributed by atoms with Gasteiger partial charge >= 0.3 is 0 Å². The molecule has 3 heteroatoms. The van der Waals surface area contributed by atoms with Gasteiger partial charge in [0.25, 0.3) is 0 Å². The van der Waals surface area contributed by atoms with Crippen LogP contribution in [-0.2, 0) is 10.3 Å². The molecule has 1 aromatic rings. The number of aromatic hydroxyl groups is 1. The highest BCUT2D eigenvalue weighted by atomic mass is 16.5. The van der Waals surface area contributed by atoms with Crippen molar-refractivity contribution in [2.24, 2.45) is 5.92 Å². The van der Waals surface area contributed by atoms with Crippen LogP contribution < -0.4 is 0 Å². The molecule has 1 heterocycles. The zero-order valence-electron chi connectivity index (χ0n) is 9.52. The molecule has 0 amide bonds. The summed E-state index contributed by atoms with van der Waals surface area (Å²) in [6.45, 7) is 3.16. The van der Waals surface area contributed by atoms with E-state index in [-0.39, 0.29) is 11.7 Å². The third-order valence-electron chi connectivity index (χ3n) is 3.39. The van der Waals surface area contributed by atoms with Crippen LogP contribution >= 0.6 is 0 Å². The van der Waals surface area contributed by atoms with E-state index in [1.165, 1.54) is 0 Å². The Hall–Kier alpha value is -1.06. The Kier molecular flexibility index (Phi) is 3.17. The maximum absolute atomic E-state index is 10.5. The largest absolute Gasteiger partial charge is 0.508 e. The summed E-state index contributed by atoms with van der Waals surface area (Å²) in [4.78, 5) is 0. The monoisotopic (exact) mass is 222 g/mol. The summed E-state index contributed by atoms with van der Waals surface area (Å²) >= 11 is 0. The van der Waals surface area contributed by atoms with Crippen LogP contribution in [0.3, 0.4) is 0 Å². The summed E-state index contributed by atoms with van der Waals surface area (Å²) in [5.41, 5.74) is -0.179. The molecule has 1 fully saturated rings. The smallest absolute Gasteiger partial charge is 0.115 e. The number of benzene rings is 1. The van der Waals surface area contributed by atoms with Gasteiger partial charge in [-0.1, -0.05) is 12.1 Å². The lowest BCUT2D eigenvalue weighted by Crippen LogP contribution is -2.37. The first kappa shape index (κ1) is 11.4. The predicted octanol–water partition coefficient (Wildman–Crippen LogP) is 2.03. The minimum atomic E-state index is -0.931. The normalized spacial score (nSPS) is 25.0. The molecule has 3 nitrogen and oxygen atoms in total. The first-order valence-corrected chi connectivity index (χ1v) is 5.70. The molecule has 2 unspecified atom stereocenters. The van der Waals surface area contributed by atoms with Gasteiger partial charge in [-0.15, -0.1) is 0 Å². The fourth-order valence-electron chi connectivity index (χ4n) is 2.24. The summed E-state index contributed by atoms with van der Waals surface area (Å²) in [5, 5.41) is 20.0. The Labute approximate surface area is 95.7 Å². The third-order valence-corrected chi connectivity index (χ3v) is 3.39. The van der Waals surface area contributed by atoms with E-state index >= 15 is 0 Å². The Morgan fingerprint density at radius 2 is 2.25 bits per heavy atom. The fourth-order valence-corrected chi connectivity index (χ4v) is 2.24. The molecule has 0 aromatic heterocycles. The van der Waals surface area contributed by atoms with Crippen molar-refractivity contribution >= 4 is 0 Å². The molecule has 0 radical (unpaired) electrons. The maximum Gasteiger partial charge on any atom is 0.115 e. The highest BCUT2D eigenvalue weighted by molar-refractivity contribution is 5.31. The van der Waals surface area contributed by atoms with Crippen LogP contribution in [0, 0.1) is 5.92 Å². The van der Waals surface area contributed by atoms with Gasteiger partial charge in [0.1, 0.15) is 5.75 Å². The molecule has 1 saturated heterocycles. The average molecular weight is 222 g/mol.